The van der Waals surface area contributed by atoms with Gasteiger partial charge in [0.05, 0.1) is 31.6 Å². The van der Waals surface area contributed by atoms with Crippen LogP contribution in [0.1, 0.15) is 37.3 Å². The van der Waals surface area contributed by atoms with Crippen molar-refractivity contribution in [3.05, 3.63) is 35.7 Å². The van der Waals surface area contributed by atoms with Gasteiger partial charge < -0.3 is 24.2 Å². The number of rotatable bonds is 5. The smallest absolute Gasteiger partial charge is 0.322 e. The normalized spacial score (nSPS) is 16.8. The SMILES string of the molecule is CCc1cc([C@H]2CCCN2C(=O)Nc2cc(OC)ccc2OC)on1. The number of carbonyl (C=O) groups excluding carboxylic acids is 1. The lowest BCUT2D eigenvalue weighted by Gasteiger charge is -2.23. The minimum atomic E-state index is -0.191. The van der Waals surface area contributed by atoms with E-state index in [1.807, 2.05) is 13.0 Å². The van der Waals surface area contributed by atoms with Gasteiger partial charge in [0.15, 0.2) is 5.76 Å². The van der Waals surface area contributed by atoms with Gasteiger partial charge in [-0.25, -0.2) is 4.79 Å². The van der Waals surface area contributed by atoms with Gasteiger partial charge in [-0.3, -0.25) is 0 Å². The summed E-state index contributed by atoms with van der Waals surface area (Å²) in [6.45, 7) is 2.70. The quantitative estimate of drug-likeness (QED) is 0.895. The third-order valence-corrected chi connectivity index (χ3v) is 4.43. The Morgan fingerprint density at radius 3 is 2.88 bits per heavy atom. The van der Waals surface area contributed by atoms with E-state index in [0.29, 0.717) is 23.7 Å². The molecule has 0 spiro atoms. The largest absolute Gasteiger partial charge is 0.497 e. The Kier molecular flexibility index (Phi) is 5.11. The zero-order valence-corrected chi connectivity index (χ0v) is 14.7. The molecule has 0 bridgehead atoms. The number of nitrogens with one attached hydrogen (secondary N) is 1. The van der Waals surface area contributed by atoms with Crippen molar-refractivity contribution in [2.75, 3.05) is 26.1 Å². The summed E-state index contributed by atoms with van der Waals surface area (Å²) in [5.41, 5.74) is 1.47. The van der Waals surface area contributed by atoms with Gasteiger partial charge in [0.1, 0.15) is 11.5 Å². The van der Waals surface area contributed by atoms with Crippen LogP contribution in [-0.2, 0) is 6.42 Å². The summed E-state index contributed by atoms with van der Waals surface area (Å²) in [4.78, 5) is 14.6. The van der Waals surface area contributed by atoms with Crippen molar-refractivity contribution < 1.29 is 18.8 Å². The van der Waals surface area contributed by atoms with Crippen molar-refractivity contribution in [1.29, 1.82) is 0 Å². The maximum absolute atomic E-state index is 12.8. The first kappa shape index (κ1) is 17.1. The van der Waals surface area contributed by atoms with E-state index in [9.17, 15) is 4.79 Å². The molecule has 1 aromatic heterocycles. The number of benzene rings is 1. The molecule has 1 aliphatic heterocycles. The predicted molar refractivity (Wildman–Crippen MR) is 93.1 cm³/mol. The van der Waals surface area contributed by atoms with Crippen LogP contribution >= 0.6 is 0 Å². The summed E-state index contributed by atoms with van der Waals surface area (Å²) >= 11 is 0. The molecular weight excluding hydrogens is 322 g/mol. The van der Waals surface area contributed by atoms with Gasteiger partial charge in [0.2, 0.25) is 0 Å². The first-order valence-electron chi connectivity index (χ1n) is 8.41. The number of hydrogen-bond donors (Lipinski definition) is 1. The number of aromatic nitrogens is 1. The summed E-state index contributed by atoms with van der Waals surface area (Å²) < 4.78 is 16.0. The van der Waals surface area contributed by atoms with E-state index in [2.05, 4.69) is 10.5 Å². The van der Waals surface area contributed by atoms with Gasteiger partial charge in [-0.1, -0.05) is 12.1 Å². The Morgan fingerprint density at radius 2 is 2.20 bits per heavy atom. The molecule has 1 aromatic carbocycles. The first-order valence-corrected chi connectivity index (χ1v) is 8.41. The third kappa shape index (κ3) is 3.55. The molecule has 1 atom stereocenters. The van der Waals surface area contributed by atoms with Crippen LogP contribution in [0.5, 0.6) is 11.5 Å². The highest BCUT2D eigenvalue weighted by atomic mass is 16.5. The number of aryl methyl sites for hydroxylation is 1. The number of carbonyl (C=O) groups is 1. The van der Waals surface area contributed by atoms with E-state index < -0.39 is 0 Å². The lowest BCUT2D eigenvalue weighted by atomic mass is 10.1. The van der Waals surface area contributed by atoms with Crippen LogP contribution in [0.4, 0.5) is 10.5 Å². The fraction of sp³-hybridized carbons (Fsp3) is 0.444. The third-order valence-electron chi connectivity index (χ3n) is 4.43. The zero-order chi connectivity index (χ0) is 17.8. The van der Waals surface area contributed by atoms with Crippen LogP contribution in [0.25, 0.3) is 0 Å². The fourth-order valence-corrected chi connectivity index (χ4v) is 3.06. The van der Waals surface area contributed by atoms with Crippen LogP contribution in [0.15, 0.2) is 28.8 Å². The number of likely N-dealkylation sites (tertiary alicyclic amines) is 1. The number of urea groups is 1. The van der Waals surface area contributed by atoms with E-state index in [4.69, 9.17) is 14.0 Å². The molecule has 2 amide bonds. The van der Waals surface area contributed by atoms with E-state index in [-0.39, 0.29) is 12.1 Å². The van der Waals surface area contributed by atoms with Crippen LogP contribution in [-0.4, -0.2) is 36.9 Å². The molecule has 0 unspecified atom stereocenters. The molecule has 7 nitrogen and oxygen atoms in total. The first-order chi connectivity index (χ1) is 12.2. The number of amides is 2. The van der Waals surface area contributed by atoms with Crippen molar-refractivity contribution >= 4 is 11.7 Å². The van der Waals surface area contributed by atoms with Gasteiger partial charge in [0.25, 0.3) is 0 Å². The Bertz CT molecular complexity index is 744. The second kappa shape index (κ2) is 7.46. The van der Waals surface area contributed by atoms with Crippen LogP contribution < -0.4 is 14.8 Å². The molecule has 7 heteroatoms. The van der Waals surface area contributed by atoms with E-state index in [1.54, 1.807) is 37.3 Å². The fourth-order valence-electron chi connectivity index (χ4n) is 3.06. The van der Waals surface area contributed by atoms with Crippen molar-refractivity contribution in [3.8, 4) is 11.5 Å². The summed E-state index contributed by atoms with van der Waals surface area (Å²) in [6, 6.07) is 6.94. The number of hydrogen-bond acceptors (Lipinski definition) is 5. The van der Waals surface area contributed by atoms with Crippen molar-refractivity contribution in [2.24, 2.45) is 0 Å². The molecule has 1 N–H and O–H groups in total. The van der Waals surface area contributed by atoms with Crippen molar-refractivity contribution in [3.63, 3.8) is 0 Å². The van der Waals surface area contributed by atoms with Crippen molar-refractivity contribution in [2.45, 2.75) is 32.2 Å². The summed E-state index contributed by atoms with van der Waals surface area (Å²) in [5.74, 6) is 1.97. The summed E-state index contributed by atoms with van der Waals surface area (Å²) in [6.07, 6.45) is 2.60. The second-order valence-corrected chi connectivity index (χ2v) is 5.92. The molecule has 1 fully saturated rings. The molecule has 1 saturated heterocycles. The van der Waals surface area contributed by atoms with Gasteiger partial charge in [-0.05, 0) is 31.4 Å². The average molecular weight is 345 g/mol. The minimum absolute atomic E-state index is 0.0931. The summed E-state index contributed by atoms with van der Waals surface area (Å²) in [7, 11) is 3.15. The van der Waals surface area contributed by atoms with Gasteiger partial charge in [0, 0.05) is 18.7 Å². The van der Waals surface area contributed by atoms with Crippen LogP contribution in [0.2, 0.25) is 0 Å². The topological polar surface area (TPSA) is 76.8 Å². The maximum Gasteiger partial charge on any atom is 0.322 e. The Labute approximate surface area is 146 Å². The summed E-state index contributed by atoms with van der Waals surface area (Å²) in [5, 5.41) is 6.96. The lowest BCUT2D eigenvalue weighted by molar-refractivity contribution is 0.195. The molecule has 0 saturated carbocycles. The molecule has 1 aliphatic rings. The Morgan fingerprint density at radius 1 is 1.36 bits per heavy atom. The highest BCUT2D eigenvalue weighted by Crippen LogP contribution is 2.34. The second-order valence-electron chi connectivity index (χ2n) is 5.92. The van der Waals surface area contributed by atoms with Crippen LogP contribution in [0, 0.1) is 0 Å². The van der Waals surface area contributed by atoms with Gasteiger partial charge in [-0.15, -0.1) is 0 Å². The minimum Gasteiger partial charge on any atom is -0.497 e. The molecule has 0 radical (unpaired) electrons. The average Bonchev–Trinajstić information content (AvgIpc) is 3.30. The number of methoxy groups -OCH3 is 2. The molecule has 3 rings (SSSR count). The molecule has 2 heterocycles. The van der Waals surface area contributed by atoms with Crippen LogP contribution in [0.3, 0.4) is 0 Å². The number of anilines is 1. The molecular formula is C18H23N3O4. The lowest BCUT2D eigenvalue weighted by Crippen LogP contribution is -2.34. The van der Waals surface area contributed by atoms with Crippen molar-refractivity contribution in [1.82, 2.24) is 10.1 Å². The van der Waals surface area contributed by atoms with E-state index in [0.717, 1.165) is 30.7 Å². The highest BCUT2D eigenvalue weighted by Gasteiger charge is 2.33. The molecule has 25 heavy (non-hydrogen) atoms. The molecule has 0 aliphatic carbocycles. The maximum atomic E-state index is 12.8. The van der Waals surface area contributed by atoms with Gasteiger partial charge in [-0.2, -0.15) is 0 Å². The number of ether oxygens (including phenoxy) is 2. The Hall–Kier alpha value is -2.70. The Balaban J connectivity index is 1.78. The van der Waals surface area contributed by atoms with Gasteiger partial charge >= 0.3 is 6.03 Å². The standard InChI is InChI=1S/C18H23N3O4/c1-4-12-10-17(25-20-12)15-6-5-9-21(15)18(22)19-14-11-13(23-2)7-8-16(14)24-3/h7-8,10-11,15H,4-6,9H2,1-3H3,(H,19,22)/t15-/m1/s1. The zero-order valence-electron chi connectivity index (χ0n) is 14.7. The highest BCUT2D eigenvalue weighted by molar-refractivity contribution is 5.91. The van der Waals surface area contributed by atoms with E-state index >= 15 is 0 Å². The monoisotopic (exact) mass is 345 g/mol. The predicted octanol–water partition coefficient (Wildman–Crippen LogP) is 3.62. The molecule has 134 valence electrons. The number of nitrogens with zero attached hydrogens (tertiary/aromatic N) is 2. The molecule has 2 aromatic rings. The van der Waals surface area contributed by atoms with E-state index in [1.165, 1.54) is 0 Å².